The van der Waals surface area contributed by atoms with Crippen molar-refractivity contribution in [3.63, 3.8) is 0 Å². The van der Waals surface area contributed by atoms with Gasteiger partial charge < -0.3 is 0 Å². The van der Waals surface area contributed by atoms with E-state index in [1.165, 1.54) is 0 Å². The van der Waals surface area contributed by atoms with Crippen LogP contribution in [0.3, 0.4) is 0 Å². The van der Waals surface area contributed by atoms with Gasteiger partial charge in [-0.15, -0.1) is 0 Å². The number of alkyl halides is 2. The number of rotatable bonds is 3. The van der Waals surface area contributed by atoms with Gasteiger partial charge in [0.05, 0.1) is 4.92 Å². The maximum Gasteiger partial charge on any atom is 0.283 e. The molecule has 0 atom stereocenters. The Kier molecular flexibility index (Phi) is 3.87. The van der Waals surface area contributed by atoms with Gasteiger partial charge in [0.15, 0.2) is 0 Å². The molecule has 0 spiro atoms. The summed E-state index contributed by atoms with van der Waals surface area (Å²) in [6.45, 7) is 0. The number of pyridine rings is 1. The number of carbonyl (C=O) groups is 1. The lowest BCUT2D eigenvalue weighted by atomic mass is 10.1. The fraction of sp³-hybridized carbons (Fsp3) is 0.143. The van der Waals surface area contributed by atoms with Crippen molar-refractivity contribution in [2.75, 3.05) is 0 Å². The van der Waals surface area contributed by atoms with Crippen LogP contribution in [0.25, 0.3) is 0 Å². The normalized spacial score (nSPS) is 10.6. The summed E-state index contributed by atoms with van der Waals surface area (Å²) < 4.78 is 25.0. The molecule has 0 saturated heterocycles. The SMILES string of the molecule is O=C(Cl)c1nc(Br)cc([N+](=O)[O-])c1C(F)F. The van der Waals surface area contributed by atoms with E-state index in [1.54, 1.807) is 0 Å². The zero-order valence-corrected chi connectivity index (χ0v) is 9.63. The van der Waals surface area contributed by atoms with Crippen LogP contribution in [0, 0.1) is 10.1 Å². The number of hydrogen-bond acceptors (Lipinski definition) is 4. The van der Waals surface area contributed by atoms with E-state index in [4.69, 9.17) is 11.6 Å². The van der Waals surface area contributed by atoms with Crippen molar-refractivity contribution in [3.05, 3.63) is 32.0 Å². The smallest absolute Gasteiger partial charge is 0.274 e. The van der Waals surface area contributed by atoms with Crippen LogP contribution in [0.1, 0.15) is 22.5 Å². The van der Waals surface area contributed by atoms with Crippen LogP contribution >= 0.6 is 27.5 Å². The Morgan fingerprint density at radius 1 is 1.62 bits per heavy atom. The van der Waals surface area contributed by atoms with Crippen LogP contribution in [-0.4, -0.2) is 15.1 Å². The van der Waals surface area contributed by atoms with Crippen LogP contribution in [-0.2, 0) is 0 Å². The Labute approximate surface area is 101 Å². The molecule has 0 fully saturated rings. The molecule has 0 radical (unpaired) electrons. The minimum Gasteiger partial charge on any atom is -0.274 e. The molecule has 0 aromatic carbocycles. The van der Waals surface area contributed by atoms with Crippen molar-refractivity contribution < 1.29 is 18.5 Å². The summed E-state index contributed by atoms with van der Waals surface area (Å²) >= 11 is 7.78. The quantitative estimate of drug-likeness (QED) is 0.372. The van der Waals surface area contributed by atoms with Crippen LogP contribution in [0.2, 0.25) is 0 Å². The van der Waals surface area contributed by atoms with Gasteiger partial charge in [-0.1, -0.05) is 0 Å². The van der Waals surface area contributed by atoms with E-state index < -0.39 is 33.5 Å². The van der Waals surface area contributed by atoms with Crippen molar-refractivity contribution >= 4 is 38.5 Å². The fourth-order valence-corrected chi connectivity index (χ4v) is 1.57. The minimum atomic E-state index is -3.21. The third kappa shape index (κ3) is 2.50. The molecule has 9 heteroatoms. The van der Waals surface area contributed by atoms with Crippen molar-refractivity contribution in [1.29, 1.82) is 0 Å². The first-order chi connectivity index (χ1) is 7.34. The molecule has 0 aliphatic rings. The third-order valence-corrected chi connectivity index (χ3v) is 2.19. The van der Waals surface area contributed by atoms with Gasteiger partial charge in [-0.3, -0.25) is 14.9 Å². The summed E-state index contributed by atoms with van der Waals surface area (Å²) in [5, 5.41) is 9.24. The van der Waals surface area contributed by atoms with E-state index in [0.29, 0.717) is 0 Å². The molecule has 0 bridgehead atoms. The lowest BCUT2D eigenvalue weighted by Crippen LogP contribution is -2.06. The summed E-state index contributed by atoms with van der Waals surface area (Å²) in [7, 11) is 0. The summed E-state index contributed by atoms with van der Waals surface area (Å²) in [6.07, 6.45) is -3.21. The van der Waals surface area contributed by atoms with Crippen LogP contribution < -0.4 is 0 Å². The highest BCUT2D eigenvalue weighted by Gasteiger charge is 2.30. The van der Waals surface area contributed by atoms with Crippen molar-refractivity contribution in [3.8, 4) is 0 Å². The fourth-order valence-electron chi connectivity index (χ4n) is 1.03. The highest BCUT2D eigenvalue weighted by molar-refractivity contribution is 9.10. The van der Waals surface area contributed by atoms with E-state index in [1.807, 2.05) is 0 Å². The Bertz CT molecular complexity index is 434. The Morgan fingerprint density at radius 2 is 2.19 bits per heavy atom. The molecule has 0 aliphatic heterocycles. The van der Waals surface area contributed by atoms with Gasteiger partial charge in [0, 0.05) is 6.07 Å². The highest BCUT2D eigenvalue weighted by atomic mass is 79.9. The number of nitro groups is 1. The van der Waals surface area contributed by atoms with Gasteiger partial charge in [-0.25, -0.2) is 13.8 Å². The molecule has 0 unspecified atom stereocenters. The Hall–Kier alpha value is -1.15. The largest absolute Gasteiger partial charge is 0.283 e. The first kappa shape index (κ1) is 12.9. The second kappa shape index (κ2) is 4.79. The number of aromatic nitrogens is 1. The van der Waals surface area contributed by atoms with Gasteiger partial charge in [0.2, 0.25) is 0 Å². The average Bonchev–Trinajstić information content (AvgIpc) is 2.15. The predicted molar refractivity (Wildman–Crippen MR) is 53.7 cm³/mol. The van der Waals surface area contributed by atoms with Gasteiger partial charge in [0.25, 0.3) is 17.4 Å². The molecule has 1 heterocycles. The molecule has 86 valence electrons. The molecule has 0 saturated carbocycles. The molecular weight excluding hydrogens is 313 g/mol. The Balaban J connectivity index is 3.60. The lowest BCUT2D eigenvalue weighted by molar-refractivity contribution is -0.386. The van der Waals surface area contributed by atoms with Gasteiger partial charge in [0.1, 0.15) is 15.9 Å². The standard InChI is InChI=1S/C7H2BrClF2N2O3/c8-3-1-2(13(15)16)4(7(10)11)5(12-3)6(9)14/h1,7H. The maximum atomic E-state index is 12.6. The first-order valence-electron chi connectivity index (χ1n) is 3.67. The topological polar surface area (TPSA) is 73.1 Å². The summed E-state index contributed by atoms with van der Waals surface area (Å²) in [4.78, 5) is 23.7. The maximum absolute atomic E-state index is 12.6. The molecular formula is C7H2BrClF2N2O3. The van der Waals surface area contributed by atoms with E-state index in [-0.39, 0.29) is 4.60 Å². The monoisotopic (exact) mass is 314 g/mol. The average molecular weight is 315 g/mol. The number of halogens is 4. The van der Waals surface area contributed by atoms with E-state index in [2.05, 4.69) is 20.9 Å². The van der Waals surface area contributed by atoms with E-state index in [0.717, 1.165) is 6.07 Å². The van der Waals surface area contributed by atoms with Crippen LogP contribution in [0.4, 0.5) is 14.5 Å². The van der Waals surface area contributed by atoms with E-state index >= 15 is 0 Å². The Morgan fingerprint density at radius 3 is 2.56 bits per heavy atom. The molecule has 1 aromatic rings. The van der Waals surface area contributed by atoms with Gasteiger partial charge in [-0.05, 0) is 27.5 Å². The number of hydrogen-bond donors (Lipinski definition) is 0. The second-order valence-electron chi connectivity index (χ2n) is 2.56. The van der Waals surface area contributed by atoms with Crippen molar-refractivity contribution in [2.24, 2.45) is 0 Å². The summed E-state index contributed by atoms with van der Waals surface area (Å²) in [5.74, 6) is 0. The number of nitrogens with zero attached hydrogens (tertiary/aromatic N) is 2. The molecule has 1 rings (SSSR count). The van der Waals surface area contributed by atoms with Crippen LogP contribution in [0.15, 0.2) is 10.7 Å². The van der Waals surface area contributed by atoms with Gasteiger partial charge in [-0.2, -0.15) is 0 Å². The molecule has 0 aliphatic carbocycles. The highest BCUT2D eigenvalue weighted by Crippen LogP contribution is 2.33. The predicted octanol–water partition coefficient (Wildman–Crippen LogP) is 3.07. The molecule has 16 heavy (non-hydrogen) atoms. The first-order valence-corrected chi connectivity index (χ1v) is 4.84. The molecule has 5 nitrogen and oxygen atoms in total. The lowest BCUT2D eigenvalue weighted by Gasteiger charge is -2.05. The van der Waals surface area contributed by atoms with Gasteiger partial charge >= 0.3 is 0 Å². The van der Waals surface area contributed by atoms with E-state index in [9.17, 15) is 23.7 Å². The molecule has 0 amide bonds. The summed E-state index contributed by atoms with van der Waals surface area (Å²) in [5.41, 5.74) is -2.80. The minimum absolute atomic E-state index is 0.118. The van der Waals surface area contributed by atoms with Crippen molar-refractivity contribution in [2.45, 2.75) is 6.43 Å². The third-order valence-electron chi connectivity index (χ3n) is 1.61. The summed E-state index contributed by atoms with van der Waals surface area (Å²) in [6, 6.07) is 0.783. The van der Waals surface area contributed by atoms with Crippen molar-refractivity contribution in [1.82, 2.24) is 4.98 Å². The molecule has 0 N–H and O–H groups in total. The van der Waals surface area contributed by atoms with Crippen LogP contribution in [0.5, 0.6) is 0 Å². The zero-order valence-electron chi connectivity index (χ0n) is 7.29. The zero-order chi connectivity index (χ0) is 12.5. The second-order valence-corrected chi connectivity index (χ2v) is 3.71. The number of carbonyl (C=O) groups excluding carboxylic acids is 1. The molecule has 1 aromatic heterocycles.